The molecule has 0 aliphatic heterocycles. The highest BCUT2D eigenvalue weighted by Gasteiger charge is 2.09. The van der Waals surface area contributed by atoms with E-state index in [1.165, 1.54) is 0 Å². The molecule has 5 heteroatoms. The van der Waals surface area contributed by atoms with Crippen molar-refractivity contribution in [2.24, 2.45) is 0 Å². The number of benzene rings is 1. The van der Waals surface area contributed by atoms with E-state index in [0.29, 0.717) is 11.3 Å². The van der Waals surface area contributed by atoms with Gasteiger partial charge in [0, 0.05) is 5.69 Å². The Morgan fingerprint density at radius 1 is 1.05 bits per heavy atom. The van der Waals surface area contributed by atoms with Crippen molar-refractivity contribution in [1.29, 1.82) is 0 Å². The van der Waals surface area contributed by atoms with Gasteiger partial charge in [-0.3, -0.25) is 4.79 Å². The lowest BCUT2D eigenvalue weighted by Crippen LogP contribution is -2.20. The molecule has 0 aliphatic carbocycles. The topological polar surface area (TPSA) is 64.6 Å². The summed E-state index contributed by atoms with van der Waals surface area (Å²) in [5.41, 5.74) is 1.07. The minimum atomic E-state index is -0.374. The third-order valence-corrected chi connectivity index (χ3v) is 2.29. The van der Waals surface area contributed by atoms with Crippen molar-refractivity contribution in [1.82, 2.24) is 0 Å². The molecule has 110 valence electrons. The van der Waals surface area contributed by atoms with Gasteiger partial charge in [0.25, 0.3) is 0 Å². The summed E-state index contributed by atoms with van der Waals surface area (Å²) in [5.74, 6) is -0.600. The Bertz CT molecular complexity index is 451. The largest absolute Gasteiger partial charge is 0.459 e. The van der Waals surface area contributed by atoms with Crippen LogP contribution in [0.1, 0.15) is 38.1 Å². The van der Waals surface area contributed by atoms with Gasteiger partial charge in [-0.25, -0.2) is 4.79 Å². The van der Waals surface area contributed by atoms with Crippen LogP contribution in [0.25, 0.3) is 0 Å². The fourth-order valence-electron chi connectivity index (χ4n) is 1.41. The molecule has 1 rings (SSSR count). The number of anilines is 1. The highest BCUT2D eigenvalue weighted by atomic mass is 16.5. The van der Waals surface area contributed by atoms with Gasteiger partial charge in [-0.05, 0) is 52.0 Å². The van der Waals surface area contributed by atoms with Crippen LogP contribution in [0, 0.1) is 0 Å². The smallest absolute Gasteiger partial charge is 0.338 e. The van der Waals surface area contributed by atoms with Crippen molar-refractivity contribution < 1.29 is 19.1 Å². The number of nitrogens with one attached hydrogen (secondary N) is 1. The van der Waals surface area contributed by atoms with Crippen molar-refractivity contribution in [3.63, 3.8) is 0 Å². The minimum absolute atomic E-state index is 0.00827. The molecular weight excluding hydrogens is 258 g/mol. The molecule has 0 saturated carbocycles. The number of ether oxygens (including phenoxy) is 2. The second-order valence-corrected chi connectivity index (χ2v) is 4.94. The fraction of sp³-hybridized carbons (Fsp3) is 0.467. The molecule has 1 N–H and O–H groups in total. The van der Waals surface area contributed by atoms with Crippen molar-refractivity contribution in [3.8, 4) is 0 Å². The normalized spacial score (nSPS) is 10.7. The number of carbonyl (C=O) groups excluding carboxylic acids is 2. The molecule has 1 aromatic carbocycles. The first-order valence-corrected chi connectivity index (χ1v) is 6.61. The van der Waals surface area contributed by atoms with Crippen LogP contribution in [-0.2, 0) is 14.3 Å². The first kappa shape index (κ1) is 16.2. The van der Waals surface area contributed by atoms with Crippen LogP contribution in [0.2, 0.25) is 0 Å². The summed E-state index contributed by atoms with van der Waals surface area (Å²) in [7, 11) is 0. The number of carbonyl (C=O) groups is 2. The average Bonchev–Trinajstić information content (AvgIpc) is 2.36. The summed E-state index contributed by atoms with van der Waals surface area (Å²) < 4.78 is 10.3. The molecule has 0 unspecified atom stereocenters. The lowest BCUT2D eigenvalue weighted by atomic mass is 10.2. The third kappa shape index (κ3) is 5.84. The lowest BCUT2D eigenvalue weighted by Gasteiger charge is -2.10. The van der Waals surface area contributed by atoms with Crippen LogP contribution in [0.3, 0.4) is 0 Å². The van der Waals surface area contributed by atoms with Gasteiger partial charge in [0.05, 0.1) is 17.8 Å². The van der Waals surface area contributed by atoms with Crippen molar-refractivity contribution in [3.05, 3.63) is 29.8 Å². The van der Waals surface area contributed by atoms with Gasteiger partial charge in [-0.1, -0.05) is 0 Å². The molecule has 0 saturated heterocycles. The summed E-state index contributed by atoms with van der Waals surface area (Å²) >= 11 is 0. The van der Waals surface area contributed by atoms with Gasteiger partial charge < -0.3 is 14.8 Å². The molecule has 0 radical (unpaired) electrons. The Labute approximate surface area is 119 Å². The molecule has 0 atom stereocenters. The Balaban J connectivity index is 2.54. The van der Waals surface area contributed by atoms with Crippen molar-refractivity contribution in [2.75, 3.05) is 11.9 Å². The van der Waals surface area contributed by atoms with E-state index in [-0.39, 0.29) is 30.7 Å². The number of hydrogen-bond donors (Lipinski definition) is 1. The first-order valence-electron chi connectivity index (χ1n) is 6.61. The first-order chi connectivity index (χ1) is 9.38. The highest BCUT2D eigenvalue weighted by molar-refractivity contribution is 5.93. The Morgan fingerprint density at radius 2 is 1.65 bits per heavy atom. The second kappa shape index (κ2) is 7.65. The maximum absolute atomic E-state index is 11.6. The van der Waals surface area contributed by atoms with Crippen LogP contribution < -0.4 is 5.32 Å². The molecule has 0 heterocycles. The van der Waals surface area contributed by atoms with E-state index in [4.69, 9.17) is 9.47 Å². The van der Waals surface area contributed by atoms with E-state index in [9.17, 15) is 9.59 Å². The zero-order valence-electron chi connectivity index (χ0n) is 12.3. The molecule has 20 heavy (non-hydrogen) atoms. The molecule has 0 fully saturated rings. The van der Waals surface area contributed by atoms with Gasteiger partial charge in [-0.15, -0.1) is 0 Å². The number of rotatable bonds is 6. The average molecular weight is 279 g/mol. The van der Waals surface area contributed by atoms with Gasteiger partial charge in [0.1, 0.15) is 6.61 Å². The van der Waals surface area contributed by atoms with E-state index >= 15 is 0 Å². The van der Waals surface area contributed by atoms with E-state index in [1.807, 2.05) is 13.8 Å². The van der Waals surface area contributed by atoms with Gasteiger partial charge in [0.15, 0.2) is 0 Å². The molecule has 0 aromatic heterocycles. The summed E-state index contributed by atoms with van der Waals surface area (Å²) in [4.78, 5) is 23.2. The number of amides is 1. The van der Waals surface area contributed by atoms with Gasteiger partial charge >= 0.3 is 5.97 Å². The zero-order valence-corrected chi connectivity index (χ0v) is 12.3. The molecule has 1 amide bonds. The predicted octanol–water partition coefficient (Wildman–Crippen LogP) is 2.62. The lowest BCUT2D eigenvalue weighted by molar-refractivity contribution is -0.121. The van der Waals surface area contributed by atoms with E-state index in [2.05, 4.69) is 5.32 Å². The molecule has 1 aromatic rings. The second-order valence-electron chi connectivity index (χ2n) is 4.94. The van der Waals surface area contributed by atoms with Crippen molar-refractivity contribution >= 4 is 17.6 Å². The number of hydrogen-bond acceptors (Lipinski definition) is 4. The third-order valence-electron chi connectivity index (χ3n) is 2.29. The van der Waals surface area contributed by atoms with Crippen LogP contribution in [-0.4, -0.2) is 30.7 Å². The SMILES string of the molecule is CC(C)OCC(=O)Nc1ccc(C(=O)OC(C)C)cc1. The molecule has 0 bridgehead atoms. The summed E-state index contributed by atoms with van der Waals surface area (Å²) in [6, 6.07) is 6.54. The Kier molecular flexibility index (Phi) is 6.18. The van der Waals surface area contributed by atoms with Crippen LogP contribution in [0.15, 0.2) is 24.3 Å². The van der Waals surface area contributed by atoms with Gasteiger partial charge in [-0.2, -0.15) is 0 Å². The van der Waals surface area contributed by atoms with Crippen LogP contribution >= 0.6 is 0 Å². The Morgan fingerprint density at radius 3 is 2.15 bits per heavy atom. The fourth-order valence-corrected chi connectivity index (χ4v) is 1.41. The maximum Gasteiger partial charge on any atom is 0.338 e. The predicted molar refractivity (Wildman–Crippen MR) is 76.7 cm³/mol. The Hall–Kier alpha value is -1.88. The zero-order chi connectivity index (χ0) is 15.1. The van der Waals surface area contributed by atoms with Crippen molar-refractivity contribution in [2.45, 2.75) is 39.9 Å². The maximum atomic E-state index is 11.6. The summed E-state index contributed by atoms with van der Waals surface area (Å²) in [5, 5.41) is 2.69. The summed E-state index contributed by atoms with van der Waals surface area (Å²) in [6.45, 7) is 7.32. The molecule has 0 aliphatic rings. The number of esters is 1. The van der Waals surface area contributed by atoms with E-state index < -0.39 is 0 Å². The monoisotopic (exact) mass is 279 g/mol. The molecule has 5 nitrogen and oxygen atoms in total. The highest BCUT2D eigenvalue weighted by Crippen LogP contribution is 2.11. The molecular formula is C15H21NO4. The minimum Gasteiger partial charge on any atom is -0.459 e. The molecule has 0 spiro atoms. The summed E-state index contributed by atoms with van der Waals surface area (Å²) in [6.07, 6.45) is -0.149. The van der Waals surface area contributed by atoms with Crippen LogP contribution in [0.5, 0.6) is 0 Å². The van der Waals surface area contributed by atoms with E-state index in [1.54, 1.807) is 38.1 Å². The quantitative estimate of drug-likeness (QED) is 0.813. The van der Waals surface area contributed by atoms with E-state index in [0.717, 1.165) is 0 Å². The van der Waals surface area contributed by atoms with Gasteiger partial charge in [0.2, 0.25) is 5.91 Å². The standard InChI is InChI=1S/C15H21NO4/c1-10(2)19-9-14(17)16-13-7-5-12(6-8-13)15(18)20-11(3)4/h5-8,10-11H,9H2,1-4H3,(H,16,17). The van der Waals surface area contributed by atoms with Crippen LogP contribution in [0.4, 0.5) is 5.69 Å².